The molecule has 0 bridgehead atoms. The van der Waals surface area contributed by atoms with E-state index in [4.69, 9.17) is 11.6 Å². The second kappa shape index (κ2) is 10.6. The van der Waals surface area contributed by atoms with Crippen molar-refractivity contribution in [3.05, 3.63) is 100 Å². The van der Waals surface area contributed by atoms with Gasteiger partial charge in [0.15, 0.2) is 0 Å². The predicted molar refractivity (Wildman–Crippen MR) is 155 cm³/mol. The molecule has 0 fully saturated rings. The Morgan fingerprint density at radius 2 is 1.95 bits per heavy atom. The van der Waals surface area contributed by atoms with E-state index in [9.17, 15) is 9.90 Å². The highest BCUT2D eigenvalue weighted by molar-refractivity contribution is 7.15. The third-order valence-electron chi connectivity index (χ3n) is 6.15. The number of thiophene rings is 1. The van der Waals surface area contributed by atoms with Gasteiger partial charge in [0.1, 0.15) is 11.3 Å². The van der Waals surface area contributed by atoms with Crippen LogP contribution in [0.2, 0.25) is 0 Å². The molecule has 39 heavy (non-hydrogen) atoms. The molecule has 0 aliphatic carbocycles. The summed E-state index contributed by atoms with van der Waals surface area (Å²) < 4.78 is 0. The van der Waals surface area contributed by atoms with Crippen molar-refractivity contribution in [2.75, 3.05) is 5.32 Å². The molecule has 3 aromatic heterocycles. The lowest BCUT2D eigenvalue weighted by Crippen LogP contribution is -2.22. The third kappa shape index (κ3) is 5.36. The standard InChI is InChI=1S/C29H21ClN6O2S/c30-19-6-10-22-24(37)13-18-14-34-29(36-26(18)27(22)32-15-19)35-20-7-4-17(5-8-20)28(38)33-16-21-9-11-25(39-21)23-3-1-2-12-31-23/h1-9,11-15,37H,10,16H2,(H,33,38)(H,34,35,36). The van der Waals surface area contributed by atoms with Crippen LogP contribution in [0.25, 0.3) is 21.5 Å². The monoisotopic (exact) mass is 552 g/mol. The molecule has 0 radical (unpaired) electrons. The van der Waals surface area contributed by atoms with Gasteiger partial charge in [0.05, 0.1) is 27.8 Å². The summed E-state index contributed by atoms with van der Waals surface area (Å²) >= 11 is 7.72. The number of rotatable bonds is 6. The number of hydrogen-bond acceptors (Lipinski definition) is 8. The van der Waals surface area contributed by atoms with Crippen molar-refractivity contribution in [1.82, 2.24) is 20.3 Å². The lowest BCUT2D eigenvalue weighted by atomic mass is 10.1. The van der Waals surface area contributed by atoms with Crippen LogP contribution >= 0.6 is 22.9 Å². The van der Waals surface area contributed by atoms with Crippen molar-refractivity contribution >= 4 is 63.3 Å². The molecule has 10 heteroatoms. The predicted octanol–water partition coefficient (Wildman–Crippen LogP) is 6.51. The summed E-state index contributed by atoms with van der Waals surface area (Å²) in [7, 11) is 0. The zero-order valence-electron chi connectivity index (χ0n) is 20.4. The Morgan fingerprint density at radius 1 is 1.08 bits per heavy atom. The summed E-state index contributed by atoms with van der Waals surface area (Å²) in [6.45, 7) is 0.435. The highest BCUT2D eigenvalue weighted by Gasteiger charge is 2.16. The van der Waals surface area contributed by atoms with Crippen LogP contribution in [0.4, 0.5) is 17.3 Å². The number of phenolic OH excluding ortho intramolecular Hbond substituents is 1. The number of halogens is 1. The largest absolute Gasteiger partial charge is 0.508 e. The van der Waals surface area contributed by atoms with Crippen LogP contribution in [0.3, 0.4) is 0 Å². The molecule has 1 aliphatic heterocycles. The van der Waals surface area contributed by atoms with E-state index in [2.05, 4.69) is 30.6 Å². The van der Waals surface area contributed by atoms with E-state index in [0.717, 1.165) is 21.1 Å². The molecule has 0 atom stereocenters. The SMILES string of the molecule is O=C(NCc1ccc(-c2ccccn2)s1)c1ccc(Nc2ncc3cc(O)c4c(c3n2)N=CC(Cl)=CC4)cc1. The number of anilines is 2. The molecule has 192 valence electrons. The number of pyridine rings is 1. The van der Waals surface area contributed by atoms with Gasteiger partial charge >= 0.3 is 0 Å². The molecule has 1 amide bonds. The van der Waals surface area contributed by atoms with Crippen LogP contribution in [0, 0.1) is 0 Å². The fourth-order valence-electron chi connectivity index (χ4n) is 4.19. The number of phenols is 1. The minimum atomic E-state index is -0.163. The Kier molecular flexibility index (Phi) is 6.75. The van der Waals surface area contributed by atoms with Gasteiger partial charge in [-0.3, -0.25) is 14.8 Å². The van der Waals surface area contributed by atoms with Crippen LogP contribution in [0.1, 0.15) is 20.8 Å². The zero-order valence-corrected chi connectivity index (χ0v) is 22.0. The summed E-state index contributed by atoms with van der Waals surface area (Å²) in [5.74, 6) is 0.333. The molecule has 8 nitrogen and oxygen atoms in total. The van der Waals surface area contributed by atoms with Crippen LogP contribution < -0.4 is 10.6 Å². The Labute approximate surface area is 232 Å². The summed E-state index contributed by atoms with van der Waals surface area (Å²) in [5.41, 5.74) is 4.01. The van der Waals surface area contributed by atoms with Crippen molar-refractivity contribution < 1.29 is 9.90 Å². The first-order valence-corrected chi connectivity index (χ1v) is 13.3. The maximum atomic E-state index is 12.7. The van der Waals surface area contributed by atoms with Crippen LogP contribution in [-0.2, 0) is 13.0 Å². The third-order valence-corrected chi connectivity index (χ3v) is 7.51. The first-order valence-electron chi connectivity index (χ1n) is 12.1. The second-order valence-corrected chi connectivity index (χ2v) is 10.4. The van der Waals surface area contributed by atoms with Gasteiger partial charge in [0, 0.05) is 45.7 Å². The molecule has 0 saturated heterocycles. The fourth-order valence-corrected chi connectivity index (χ4v) is 5.24. The number of allylic oxidation sites excluding steroid dienone is 2. The normalized spacial score (nSPS) is 12.5. The van der Waals surface area contributed by atoms with Crippen molar-refractivity contribution in [2.45, 2.75) is 13.0 Å². The van der Waals surface area contributed by atoms with Crippen molar-refractivity contribution in [2.24, 2.45) is 4.99 Å². The van der Waals surface area contributed by atoms with E-state index >= 15 is 0 Å². The van der Waals surface area contributed by atoms with E-state index in [0.29, 0.717) is 51.7 Å². The van der Waals surface area contributed by atoms with Gasteiger partial charge < -0.3 is 15.7 Å². The van der Waals surface area contributed by atoms with Crippen molar-refractivity contribution in [3.63, 3.8) is 0 Å². The van der Waals surface area contributed by atoms with Crippen LogP contribution in [0.15, 0.2) is 89.2 Å². The Bertz CT molecular complexity index is 1750. The number of benzene rings is 2. The quantitative estimate of drug-likeness (QED) is 0.221. The summed E-state index contributed by atoms with van der Waals surface area (Å²) in [6, 6.07) is 18.5. The lowest BCUT2D eigenvalue weighted by Gasteiger charge is -2.11. The number of hydrogen-bond donors (Lipinski definition) is 3. The van der Waals surface area contributed by atoms with Crippen molar-refractivity contribution in [3.8, 4) is 16.3 Å². The Hall–Kier alpha value is -4.60. The average Bonchev–Trinajstić information content (AvgIpc) is 3.35. The number of aromatic hydroxyl groups is 1. The van der Waals surface area contributed by atoms with Crippen molar-refractivity contribution in [1.29, 1.82) is 0 Å². The number of carbonyl (C=O) groups is 1. The zero-order chi connectivity index (χ0) is 26.8. The summed E-state index contributed by atoms with van der Waals surface area (Å²) in [5, 5.41) is 17.7. The van der Waals surface area contributed by atoms with E-state index < -0.39 is 0 Å². The second-order valence-electron chi connectivity index (χ2n) is 8.77. The van der Waals surface area contributed by atoms with E-state index in [-0.39, 0.29) is 11.7 Å². The number of aromatic nitrogens is 3. The van der Waals surface area contributed by atoms with E-state index in [1.54, 1.807) is 66.4 Å². The number of carbonyl (C=O) groups excluding carboxylic acids is 1. The molecule has 2 aromatic carbocycles. The fraction of sp³-hybridized carbons (Fsp3) is 0.0690. The average molecular weight is 553 g/mol. The Morgan fingerprint density at radius 3 is 2.77 bits per heavy atom. The highest BCUT2D eigenvalue weighted by atomic mass is 35.5. The molecule has 1 aliphatic rings. The van der Waals surface area contributed by atoms with Gasteiger partial charge in [-0.15, -0.1) is 11.3 Å². The number of aliphatic imine (C=N–C) groups is 1. The molecular weight excluding hydrogens is 532 g/mol. The Balaban J connectivity index is 1.13. The smallest absolute Gasteiger partial charge is 0.251 e. The molecule has 4 heterocycles. The maximum absolute atomic E-state index is 12.7. The minimum absolute atomic E-state index is 0.128. The highest BCUT2D eigenvalue weighted by Crippen LogP contribution is 2.38. The van der Waals surface area contributed by atoms with E-state index in [1.807, 2.05) is 30.3 Å². The maximum Gasteiger partial charge on any atom is 0.251 e. The number of amides is 1. The molecule has 0 saturated carbocycles. The number of nitrogens with one attached hydrogen (secondary N) is 2. The van der Waals surface area contributed by atoms with Gasteiger partial charge in [0.25, 0.3) is 5.91 Å². The van der Waals surface area contributed by atoms with Crippen LogP contribution in [-0.4, -0.2) is 32.2 Å². The van der Waals surface area contributed by atoms with Gasteiger partial charge in [0.2, 0.25) is 5.95 Å². The molecular formula is C29H21ClN6O2S. The van der Waals surface area contributed by atoms with Crippen LogP contribution in [0.5, 0.6) is 5.75 Å². The van der Waals surface area contributed by atoms with E-state index in [1.165, 1.54) is 0 Å². The summed E-state index contributed by atoms with van der Waals surface area (Å²) in [4.78, 5) is 32.6. The first-order chi connectivity index (χ1) is 19.0. The lowest BCUT2D eigenvalue weighted by molar-refractivity contribution is 0.0951. The molecule has 0 spiro atoms. The van der Waals surface area contributed by atoms with Gasteiger partial charge in [-0.2, -0.15) is 0 Å². The topological polar surface area (TPSA) is 112 Å². The van der Waals surface area contributed by atoms with Gasteiger partial charge in [-0.05, 0) is 61.0 Å². The van der Waals surface area contributed by atoms with Gasteiger partial charge in [-0.1, -0.05) is 23.7 Å². The molecule has 5 aromatic rings. The molecule has 6 rings (SSSR count). The molecule has 0 unspecified atom stereocenters. The minimum Gasteiger partial charge on any atom is -0.508 e. The van der Waals surface area contributed by atoms with Gasteiger partial charge in [-0.25, -0.2) is 9.97 Å². The first kappa shape index (κ1) is 24.7. The number of fused-ring (bicyclic) bond motifs is 3. The number of nitrogens with zero attached hydrogens (tertiary/aromatic N) is 4. The summed E-state index contributed by atoms with van der Waals surface area (Å²) in [6.07, 6.45) is 7.18. The molecule has 3 N–H and O–H groups in total.